The molecule has 1 aromatic carbocycles. The molecule has 3 rings (SSSR count). The number of rotatable bonds is 5. The molecule has 0 aliphatic carbocycles. The number of halogens is 3. The molecule has 30 heavy (non-hydrogen) atoms. The summed E-state index contributed by atoms with van der Waals surface area (Å²) in [6, 6.07) is 4.95. The number of nitrogens with one attached hydrogen (secondary N) is 2. The van der Waals surface area contributed by atoms with Crippen molar-refractivity contribution in [3.63, 3.8) is 0 Å². The second-order valence-corrected chi connectivity index (χ2v) is 6.96. The molecular formula is C19H19F3N4O4. The molecule has 8 nitrogen and oxygen atoms in total. The number of hydrogen-bond donors (Lipinski definition) is 2. The van der Waals surface area contributed by atoms with Crippen LogP contribution in [0.4, 0.5) is 24.7 Å². The molecule has 1 aromatic heterocycles. The fraction of sp³-hybridized carbons (Fsp3) is 0.368. The zero-order valence-corrected chi connectivity index (χ0v) is 16.1. The fourth-order valence-corrected chi connectivity index (χ4v) is 3.05. The minimum Gasteiger partial charge on any atom is -0.451 e. The lowest BCUT2D eigenvalue weighted by atomic mass is 10.1. The van der Waals surface area contributed by atoms with E-state index in [-0.39, 0.29) is 23.7 Å². The van der Waals surface area contributed by atoms with Crippen molar-refractivity contribution in [2.45, 2.75) is 38.5 Å². The summed E-state index contributed by atoms with van der Waals surface area (Å²) in [6.07, 6.45) is -4.74. The maximum atomic E-state index is 13.3. The summed E-state index contributed by atoms with van der Waals surface area (Å²) in [6.45, 7) is 2.36. The number of ether oxygens (including phenoxy) is 1. The number of nitrogens with zero attached hydrogens (tertiary/aromatic N) is 2. The van der Waals surface area contributed by atoms with Crippen LogP contribution in [0.5, 0.6) is 0 Å². The average molecular weight is 424 g/mol. The maximum absolute atomic E-state index is 13.3. The summed E-state index contributed by atoms with van der Waals surface area (Å²) in [7, 11) is 0. The third kappa shape index (κ3) is 4.78. The molecule has 0 radical (unpaired) electrons. The first-order valence-electron chi connectivity index (χ1n) is 9.05. The smallest absolute Gasteiger partial charge is 0.410 e. The van der Waals surface area contributed by atoms with Gasteiger partial charge >= 0.3 is 12.1 Å². The largest absolute Gasteiger partial charge is 0.451 e. The van der Waals surface area contributed by atoms with Crippen LogP contribution in [-0.4, -0.2) is 46.3 Å². The van der Waals surface area contributed by atoms with Crippen molar-refractivity contribution in [2.75, 3.05) is 17.2 Å². The SMILES string of the molecule is CC(=O)c1ccc(NC(=O)COC(=O)c2cc3n(n2)[C@@H](C(F)(F)F)C[C@@H](C)N3)cc1. The molecule has 1 aliphatic heterocycles. The molecule has 0 saturated heterocycles. The van der Waals surface area contributed by atoms with Crippen LogP contribution < -0.4 is 10.6 Å². The molecule has 11 heteroatoms. The topological polar surface area (TPSA) is 102 Å². The van der Waals surface area contributed by atoms with Crippen LogP contribution >= 0.6 is 0 Å². The van der Waals surface area contributed by atoms with E-state index in [1.54, 1.807) is 6.92 Å². The predicted octanol–water partition coefficient (Wildman–Crippen LogP) is 3.19. The van der Waals surface area contributed by atoms with Crippen molar-refractivity contribution in [3.05, 3.63) is 41.6 Å². The number of carbonyl (C=O) groups excluding carboxylic acids is 3. The van der Waals surface area contributed by atoms with Gasteiger partial charge in [-0.15, -0.1) is 0 Å². The first-order chi connectivity index (χ1) is 14.0. The van der Waals surface area contributed by atoms with Gasteiger partial charge in [0, 0.05) is 23.4 Å². The Morgan fingerprint density at radius 2 is 1.93 bits per heavy atom. The van der Waals surface area contributed by atoms with Crippen LogP contribution in [0, 0.1) is 0 Å². The van der Waals surface area contributed by atoms with Crippen molar-refractivity contribution < 1.29 is 32.3 Å². The first kappa shape index (κ1) is 21.3. The zero-order chi connectivity index (χ0) is 22.1. The molecule has 0 bridgehead atoms. The number of Topliss-reactive ketones (excluding diaryl/α,β-unsaturated/α-hetero) is 1. The van der Waals surface area contributed by atoms with Gasteiger partial charge in [-0.05, 0) is 44.5 Å². The van der Waals surface area contributed by atoms with Crippen molar-refractivity contribution in [1.29, 1.82) is 0 Å². The maximum Gasteiger partial charge on any atom is 0.410 e. The Labute approximate surface area is 169 Å². The zero-order valence-electron chi connectivity index (χ0n) is 16.1. The Morgan fingerprint density at radius 3 is 2.53 bits per heavy atom. The minimum absolute atomic E-state index is 0.0537. The number of hydrogen-bond acceptors (Lipinski definition) is 6. The molecule has 0 spiro atoms. The van der Waals surface area contributed by atoms with E-state index in [9.17, 15) is 27.6 Å². The summed E-state index contributed by atoms with van der Waals surface area (Å²) < 4.78 is 45.3. The Morgan fingerprint density at radius 1 is 1.27 bits per heavy atom. The number of ketones is 1. The molecule has 0 fully saturated rings. The van der Waals surface area contributed by atoms with Gasteiger partial charge in [0.1, 0.15) is 5.82 Å². The highest BCUT2D eigenvalue weighted by molar-refractivity contribution is 5.97. The number of anilines is 2. The summed E-state index contributed by atoms with van der Waals surface area (Å²) in [4.78, 5) is 35.3. The molecule has 1 amide bonds. The van der Waals surface area contributed by atoms with Gasteiger partial charge in [0.15, 0.2) is 24.1 Å². The normalized spacial score (nSPS) is 18.2. The van der Waals surface area contributed by atoms with Crippen LogP contribution in [0.1, 0.15) is 47.2 Å². The van der Waals surface area contributed by atoms with Gasteiger partial charge in [0.2, 0.25) is 0 Å². The minimum atomic E-state index is -4.52. The van der Waals surface area contributed by atoms with Crippen LogP contribution in [0.25, 0.3) is 0 Å². The standard InChI is InChI=1S/C19H19F3N4O4/c1-10-7-15(19(20,21)22)26-16(23-10)8-14(25-26)18(29)30-9-17(28)24-13-5-3-12(4-6-13)11(2)27/h3-6,8,10,15,23H,7,9H2,1-2H3,(H,24,28)/t10-,15-/m1/s1. The number of alkyl halides is 3. The Kier molecular flexibility index (Phi) is 5.81. The van der Waals surface area contributed by atoms with Crippen molar-refractivity contribution in [2.24, 2.45) is 0 Å². The second-order valence-electron chi connectivity index (χ2n) is 6.96. The monoisotopic (exact) mass is 424 g/mol. The number of aromatic nitrogens is 2. The Hall–Kier alpha value is -3.37. The number of esters is 1. The molecule has 2 aromatic rings. The van der Waals surface area contributed by atoms with Gasteiger partial charge in [0.05, 0.1) is 0 Å². The number of benzene rings is 1. The van der Waals surface area contributed by atoms with Crippen molar-refractivity contribution in [1.82, 2.24) is 9.78 Å². The summed E-state index contributed by atoms with van der Waals surface area (Å²) >= 11 is 0. The molecule has 160 valence electrons. The molecule has 2 N–H and O–H groups in total. The van der Waals surface area contributed by atoms with E-state index < -0.39 is 36.7 Å². The highest BCUT2D eigenvalue weighted by atomic mass is 19.4. The van der Waals surface area contributed by atoms with Gasteiger partial charge in [-0.3, -0.25) is 9.59 Å². The first-order valence-corrected chi connectivity index (χ1v) is 9.05. The second kappa shape index (κ2) is 8.17. The fourth-order valence-electron chi connectivity index (χ4n) is 3.05. The van der Waals surface area contributed by atoms with E-state index in [0.717, 1.165) is 6.07 Å². The van der Waals surface area contributed by atoms with E-state index in [4.69, 9.17) is 4.74 Å². The summed E-state index contributed by atoms with van der Waals surface area (Å²) in [5, 5.41) is 9.04. The Balaban J connectivity index is 1.61. The molecule has 2 heterocycles. The highest BCUT2D eigenvalue weighted by Gasteiger charge is 2.45. The third-order valence-corrected chi connectivity index (χ3v) is 4.50. The molecule has 0 saturated carbocycles. The van der Waals surface area contributed by atoms with Gasteiger partial charge in [0.25, 0.3) is 5.91 Å². The van der Waals surface area contributed by atoms with E-state index >= 15 is 0 Å². The molecule has 0 unspecified atom stereocenters. The van der Waals surface area contributed by atoms with E-state index in [1.165, 1.54) is 31.2 Å². The van der Waals surface area contributed by atoms with Crippen molar-refractivity contribution >= 4 is 29.2 Å². The lowest BCUT2D eigenvalue weighted by Gasteiger charge is -2.31. The third-order valence-electron chi connectivity index (χ3n) is 4.50. The molecule has 2 atom stereocenters. The Bertz CT molecular complexity index is 969. The van der Waals surface area contributed by atoms with Gasteiger partial charge < -0.3 is 15.4 Å². The summed E-state index contributed by atoms with van der Waals surface area (Å²) in [5.41, 5.74) is 0.535. The van der Waals surface area contributed by atoms with Crippen LogP contribution in [0.2, 0.25) is 0 Å². The van der Waals surface area contributed by atoms with Crippen LogP contribution in [0.3, 0.4) is 0 Å². The van der Waals surface area contributed by atoms with Gasteiger partial charge in [-0.25, -0.2) is 9.48 Å². The van der Waals surface area contributed by atoms with Gasteiger partial charge in [-0.2, -0.15) is 18.3 Å². The lowest BCUT2D eigenvalue weighted by molar-refractivity contribution is -0.173. The number of carbonyl (C=O) groups is 3. The molecule has 1 aliphatic rings. The summed E-state index contributed by atoms with van der Waals surface area (Å²) in [5.74, 6) is -1.74. The van der Waals surface area contributed by atoms with Gasteiger partial charge in [-0.1, -0.05) is 0 Å². The molecular weight excluding hydrogens is 405 g/mol. The van der Waals surface area contributed by atoms with Crippen LogP contribution in [-0.2, 0) is 9.53 Å². The van der Waals surface area contributed by atoms with E-state index in [2.05, 4.69) is 15.7 Å². The van der Waals surface area contributed by atoms with Crippen LogP contribution in [0.15, 0.2) is 30.3 Å². The highest BCUT2D eigenvalue weighted by Crippen LogP contribution is 2.39. The average Bonchev–Trinajstić information content (AvgIpc) is 3.09. The lowest BCUT2D eigenvalue weighted by Crippen LogP contribution is -2.37. The predicted molar refractivity (Wildman–Crippen MR) is 100 cm³/mol. The number of fused-ring (bicyclic) bond motifs is 1. The quantitative estimate of drug-likeness (QED) is 0.565. The van der Waals surface area contributed by atoms with E-state index in [1.807, 2.05) is 0 Å². The number of amides is 1. The van der Waals surface area contributed by atoms with E-state index in [0.29, 0.717) is 15.9 Å². The van der Waals surface area contributed by atoms with Crippen molar-refractivity contribution in [3.8, 4) is 0 Å².